The average molecular weight is 878 g/mol. The van der Waals surface area contributed by atoms with Gasteiger partial charge in [-0.05, 0) is 90.8 Å². The maximum Gasteiger partial charge on any atom is 0.293 e. The van der Waals surface area contributed by atoms with Crippen molar-refractivity contribution in [2.75, 3.05) is 62.6 Å². The van der Waals surface area contributed by atoms with Crippen molar-refractivity contribution in [1.29, 1.82) is 5.26 Å². The van der Waals surface area contributed by atoms with Crippen LogP contribution in [0.15, 0.2) is 95.7 Å². The molecule has 0 saturated carbocycles. The minimum absolute atomic E-state index is 0.0543. The second kappa shape index (κ2) is 17.8. The van der Waals surface area contributed by atoms with Crippen LogP contribution in [0.5, 0.6) is 11.5 Å². The van der Waals surface area contributed by atoms with Crippen molar-refractivity contribution in [3.05, 3.63) is 117 Å². The molecule has 2 fully saturated rings. The van der Waals surface area contributed by atoms with Gasteiger partial charge in [0.1, 0.15) is 17.0 Å². The van der Waals surface area contributed by atoms with Gasteiger partial charge in [0.15, 0.2) is 5.75 Å². The average Bonchev–Trinajstić information content (AvgIpc) is 3.92. The van der Waals surface area contributed by atoms with Crippen LogP contribution in [0, 0.1) is 26.9 Å². The zero-order chi connectivity index (χ0) is 43.6. The Morgan fingerprint density at radius 1 is 1.03 bits per heavy atom. The van der Waals surface area contributed by atoms with E-state index in [9.17, 15) is 23.3 Å². The van der Waals surface area contributed by atoms with Gasteiger partial charge < -0.3 is 19.9 Å². The number of fused-ring (bicyclic) bond motifs is 1. The third kappa shape index (κ3) is 9.56. The van der Waals surface area contributed by atoms with E-state index < -0.39 is 31.4 Å². The second-order valence-electron chi connectivity index (χ2n) is 16.9. The number of hydrogen-bond donors (Lipinski definition) is 3. The summed E-state index contributed by atoms with van der Waals surface area (Å²) in [7, 11) is -4.59. The first-order chi connectivity index (χ1) is 29.7. The molecular weight excluding hydrogens is 830 g/mol. The van der Waals surface area contributed by atoms with E-state index in [1.54, 1.807) is 24.3 Å². The number of likely N-dealkylation sites (tertiary alicyclic amines) is 1. The highest BCUT2D eigenvalue weighted by Crippen LogP contribution is 2.43. The third-order valence-electron chi connectivity index (χ3n) is 12.0. The van der Waals surface area contributed by atoms with E-state index in [1.807, 2.05) is 23.1 Å². The minimum atomic E-state index is -4.59. The lowest BCUT2D eigenvalue weighted by atomic mass is 9.72. The van der Waals surface area contributed by atoms with Gasteiger partial charge in [-0.25, -0.2) is 18.1 Å². The fraction of sp³-hybridized carbons (Fsp3) is 0.356. The van der Waals surface area contributed by atoms with Crippen LogP contribution in [-0.4, -0.2) is 97.4 Å². The number of piperazine rings is 1. The van der Waals surface area contributed by atoms with Crippen molar-refractivity contribution >= 4 is 61.2 Å². The summed E-state index contributed by atoms with van der Waals surface area (Å²) in [4.78, 5) is 39.0. The molecule has 1 aliphatic carbocycles. The Bertz CT molecular complexity index is 2690. The molecule has 17 heteroatoms. The van der Waals surface area contributed by atoms with E-state index in [-0.39, 0.29) is 35.0 Å². The number of aromatic nitrogens is 2. The number of nitro benzene ring substituents is 1. The largest absolute Gasteiger partial charge is 0.454 e. The summed E-state index contributed by atoms with van der Waals surface area (Å²) < 4.78 is 35.9. The number of nitrogens with zero attached hydrogens (tertiary/aromatic N) is 6. The van der Waals surface area contributed by atoms with E-state index >= 15 is 0 Å². The quantitative estimate of drug-likeness (QED) is 0.0592. The maximum atomic E-state index is 14.0. The molecule has 0 spiro atoms. The molecule has 3 heterocycles. The lowest BCUT2D eigenvalue weighted by molar-refractivity contribution is -0.384. The van der Waals surface area contributed by atoms with Crippen LogP contribution >= 0.6 is 11.6 Å². The van der Waals surface area contributed by atoms with Crippen LogP contribution in [-0.2, 0) is 10.0 Å². The first-order valence-electron chi connectivity index (χ1n) is 20.6. The summed E-state index contributed by atoms with van der Waals surface area (Å²) in [6.07, 6.45) is 5.37. The molecule has 4 aromatic carbocycles. The molecule has 322 valence electrons. The van der Waals surface area contributed by atoms with Crippen molar-refractivity contribution < 1.29 is 22.9 Å². The number of carbonyl (C=O) groups excluding carboxylic acids is 1. The number of amides is 1. The van der Waals surface area contributed by atoms with Gasteiger partial charge >= 0.3 is 0 Å². The molecule has 3 N–H and O–H groups in total. The Hall–Kier alpha value is -5.99. The van der Waals surface area contributed by atoms with Gasteiger partial charge in [0.25, 0.3) is 21.6 Å². The molecule has 2 saturated heterocycles. The number of imidazole rings is 1. The summed E-state index contributed by atoms with van der Waals surface area (Å²) in [5, 5.41) is 25.0. The third-order valence-corrected chi connectivity index (χ3v) is 13.6. The number of H-pyrrole nitrogens is 1. The maximum absolute atomic E-state index is 14.0. The predicted octanol–water partition coefficient (Wildman–Crippen LogP) is 7.83. The Labute approximate surface area is 365 Å². The van der Waals surface area contributed by atoms with Crippen LogP contribution in [0.2, 0.25) is 5.02 Å². The van der Waals surface area contributed by atoms with E-state index in [1.165, 1.54) is 41.2 Å². The van der Waals surface area contributed by atoms with Crippen LogP contribution in [0.4, 0.5) is 17.1 Å². The van der Waals surface area contributed by atoms with Crippen molar-refractivity contribution in [1.82, 2.24) is 24.5 Å². The topological polar surface area (TPSA) is 190 Å². The number of nitro groups is 1. The van der Waals surface area contributed by atoms with Crippen LogP contribution in [0.25, 0.3) is 16.6 Å². The van der Waals surface area contributed by atoms with Crippen LogP contribution in [0.3, 0.4) is 0 Å². The SMILES string of the molecule is CC1(C)CCC(CN2CCN(c3ccc(C(=O)NS(=O)(=O)c4ccc(NC5CCN(CC#N)C5)c([N+](=O)[O-])c4)c(Oc4cccc5[nH]cnc45)c3)CC2)=C(c2ccc(Cl)cc2)C1. The molecule has 15 nitrogen and oxygen atoms in total. The highest BCUT2D eigenvalue weighted by Gasteiger charge is 2.31. The molecule has 1 aromatic heterocycles. The van der Waals surface area contributed by atoms with Gasteiger partial charge in [-0.1, -0.05) is 49.2 Å². The van der Waals surface area contributed by atoms with Gasteiger partial charge in [-0.15, -0.1) is 0 Å². The smallest absolute Gasteiger partial charge is 0.293 e. The van der Waals surface area contributed by atoms with E-state index in [4.69, 9.17) is 21.6 Å². The highest BCUT2D eigenvalue weighted by atomic mass is 35.5. The number of para-hydroxylation sites is 1. The zero-order valence-corrected chi connectivity index (χ0v) is 36.1. The summed E-state index contributed by atoms with van der Waals surface area (Å²) in [6, 6.07) is 23.9. The highest BCUT2D eigenvalue weighted by molar-refractivity contribution is 7.90. The molecule has 1 amide bonds. The Morgan fingerprint density at radius 2 is 1.82 bits per heavy atom. The van der Waals surface area contributed by atoms with Crippen molar-refractivity contribution in [3.8, 4) is 17.6 Å². The Kier molecular flexibility index (Phi) is 12.2. The lowest BCUT2D eigenvalue weighted by Gasteiger charge is -2.39. The standard InChI is InChI=1S/C45H48ClN9O6S/c1-45(2)16-14-31(37(26-45)30-6-8-32(46)9-7-30)27-53-20-22-54(23-21-53)34-10-12-36(42(24-34)61-41-5-3-4-39-43(41)49-29-48-39)44(56)51-62(59,60)35-11-13-38(40(25-35)55(57)58)50-33-15-18-52(28-33)19-17-47/h3-13,24-25,29,33,50H,14-16,18-23,26-28H2,1-2H3,(H,48,49)(H,51,56). The molecule has 1 unspecified atom stereocenters. The van der Waals surface area contributed by atoms with Gasteiger partial charge in [0, 0.05) is 74.7 Å². The number of anilines is 2. The number of nitrogens with one attached hydrogen (secondary N) is 3. The zero-order valence-electron chi connectivity index (χ0n) is 34.6. The number of benzene rings is 4. The van der Waals surface area contributed by atoms with E-state index in [0.717, 1.165) is 55.7 Å². The van der Waals surface area contributed by atoms with E-state index in [2.05, 4.69) is 61.9 Å². The summed E-state index contributed by atoms with van der Waals surface area (Å²) in [5.74, 6) is -0.498. The summed E-state index contributed by atoms with van der Waals surface area (Å²) in [6.45, 7) is 9.99. The monoisotopic (exact) mass is 877 g/mol. The number of hydrogen-bond acceptors (Lipinski definition) is 12. The number of halogens is 1. The van der Waals surface area contributed by atoms with Crippen molar-refractivity contribution in [2.24, 2.45) is 5.41 Å². The fourth-order valence-corrected chi connectivity index (χ4v) is 9.73. The van der Waals surface area contributed by atoms with Crippen LogP contribution in [0.1, 0.15) is 55.5 Å². The van der Waals surface area contributed by atoms with Gasteiger partial charge in [-0.2, -0.15) is 5.26 Å². The van der Waals surface area contributed by atoms with Crippen molar-refractivity contribution in [3.63, 3.8) is 0 Å². The summed E-state index contributed by atoms with van der Waals surface area (Å²) >= 11 is 6.24. The van der Waals surface area contributed by atoms with Crippen LogP contribution < -0.4 is 19.7 Å². The molecule has 62 heavy (non-hydrogen) atoms. The van der Waals surface area contributed by atoms with Crippen molar-refractivity contribution in [2.45, 2.75) is 50.5 Å². The molecule has 2 aliphatic heterocycles. The number of aromatic amines is 1. The number of sulfonamides is 1. The minimum Gasteiger partial charge on any atom is -0.454 e. The second-order valence-corrected chi connectivity index (χ2v) is 19.0. The molecule has 1 atom stereocenters. The molecule has 3 aliphatic rings. The number of rotatable bonds is 13. The summed E-state index contributed by atoms with van der Waals surface area (Å²) in [5.41, 5.74) is 5.98. The number of carbonyl (C=O) groups is 1. The molecule has 5 aromatic rings. The normalized spacial score (nSPS) is 18.4. The molecular formula is C45H48ClN9O6S. The van der Waals surface area contributed by atoms with Gasteiger partial charge in [0.2, 0.25) is 0 Å². The van der Waals surface area contributed by atoms with E-state index in [0.29, 0.717) is 49.4 Å². The lowest BCUT2D eigenvalue weighted by Crippen LogP contribution is -2.47. The molecule has 0 bridgehead atoms. The first kappa shape index (κ1) is 42.7. The number of ether oxygens (including phenoxy) is 1. The van der Waals surface area contributed by atoms with Gasteiger partial charge in [0.05, 0.1) is 39.8 Å². The number of allylic oxidation sites excluding steroid dienone is 1. The fourth-order valence-electron chi connectivity index (χ4n) is 8.62. The number of nitriles is 1. The molecule has 8 rings (SSSR count). The first-order valence-corrected chi connectivity index (χ1v) is 22.5. The van der Waals surface area contributed by atoms with Gasteiger partial charge in [-0.3, -0.25) is 24.7 Å². The molecule has 0 radical (unpaired) electrons. The Morgan fingerprint density at radius 3 is 2.58 bits per heavy atom. The Balaban J connectivity index is 1.01. The predicted molar refractivity (Wildman–Crippen MR) is 239 cm³/mol.